The van der Waals surface area contributed by atoms with E-state index in [-0.39, 0.29) is 0 Å². The number of H-pyrrole nitrogens is 1. The van der Waals surface area contributed by atoms with Crippen LogP contribution < -0.4 is 5.32 Å². The van der Waals surface area contributed by atoms with Crippen LogP contribution in [0, 0.1) is 0 Å². The number of fused-ring (bicyclic) bond motifs is 1. The van der Waals surface area contributed by atoms with Crippen molar-refractivity contribution in [2.24, 2.45) is 0 Å². The van der Waals surface area contributed by atoms with Crippen molar-refractivity contribution in [1.82, 2.24) is 10.3 Å². The van der Waals surface area contributed by atoms with Gasteiger partial charge in [-0.25, -0.2) is 0 Å². The van der Waals surface area contributed by atoms with Crippen molar-refractivity contribution < 1.29 is 5.11 Å². The van der Waals surface area contributed by atoms with Gasteiger partial charge in [0, 0.05) is 28.7 Å². The Labute approximate surface area is 134 Å². The van der Waals surface area contributed by atoms with Gasteiger partial charge in [-0.3, -0.25) is 0 Å². The number of halogens is 1. The molecule has 0 aliphatic heterocycles. The van der Waals surface area contributed by atoms with Gasteiger partial charge in [-0.05, 0) is 42.3 Å². The van der Waals surface area contributed by atoms with Gasteiger partial charge in [-0.2, -0.15) is 0 Å². The van der Waals surface area contributed by atoms with Crippen LogP contribution in [0.4, 0.5) is 0 Å². The molecule has 4 heteroatoms. The molecule has 0 bridgehead atoms. The zero-order chi connectivity index (χ0) is 15.4. The van der Waals surface area contributed by atoms with Gasteiger partial charge in [0.15, 0.2) is 0 Å². The molecule has 3 aromatic rings. The summed E-state index contributed by atoms with van der Waals surface area (Å²) in [5.41, 5.74) is 3.30. The molecule has 0 aliphatic carbocycles. The first kappa shape index (κ1) is 15.1. The van der Waals surface area contributed by atoms with Crippen LogP contribution in [0.3, 0.4) is 0 Å². The lowest BCUT2D eigenvalue weighted by Crippen LogP contribution is -2.23. The van der Waals surface area contributed by atoms with Crippen LogP contribution in [-0.2, 0) is 6.42 Å². The molecular weight excluding hydrogens is 296 g/mol. The van der Waals surface area contributed by atoms with E-state index in [2.05, 4.69) is 34.7 Å². The summed E-state index contributed by atoms with van der Waals surface area (Å²) in [7, 11) is 0. The second kappa shape index (κ2) is 6.97. The van der Waals surface area contributed by atoms with Crippen molar-refractivity contribution in [3.8, 4) is 0 Å². The number of aromatic nitrogens is 1. The summed E-state index contributed by atoms with van der Waals surface area (Å²) >= 11 is 5.94. The van der Waals surface area contributed by atoms with Crippen molar-refractivity contribution in [3.05, 3.63) is 70.9 Å². The first-order valence-corrected chi connectivity index (χ1v) is 7.81. The van der Waals surface area contributed by atoms with Crippen LogP contribution in [0.5, 0.6) is 0 Å². The third-order valence-corrected chi connectivity index (χ3v) is 4.05. The lowest BCUT2D eigenvalue weighted by Gasteiger charge is -2.12. The molecule has 22 heavy (non-hydrogen) atoms. The predicted octanol–water partition coefficient (Wildman–Crippen LogP) is 3.69. The minimum Gasteiger partial charge on any atom is -0.387 e. The number of hydrogen-bond acceptors (Lipinski definition) is 2. The number of rotatable bonds is 6. The maximum Gasteiger partial charge on any atom is 0.0914 e. The van der Waals surface area contributed by atoms with E-state index in [9.17, 15) is 5.11 Å². The molecule has 1 heterocycles. The van der Waals surface area contributed by atoms with Crippen LogP contribution in [0.15, 0.2) is 54.7 Å². The van der Waals surface area contributed by atoms with E-state index in [1.807, 2.05) is 24.3 Å². The summed E-state index contributed by atoms with van der Waals surface area (Å²) in [5, 5.41) is 15.4. The molecule has 0 fully saturated rings. The van der Waals surface area contributed by atoms with Gasteiger partial charge >= 0.3 is 0 Å². The fraction of sp³-hybridized carbons (Fsp3) is 0.222. The van der Waals surface area contributed by atoms with E-state index in [4.69, 9.17) is 11.6 Å². The highest BCUT2D eigenvalue weighted by Crippen LogP contribution is 2.18. The number of aliphatic hydroxyl groups excluding tert-OH is 1. The number of aliphatic hydroxyl groups is 1. The number of para-hydroxylation sites is 1. The average Bonchev–Trinajstić information content (AvgIpc) is 2.95. The van der Waals surface area contributed by atoms with Gasteiger partial charge in [-0.15, -0.1) is 0 Å². The van der Waals surface area contributed by atoms with Crippen molar-refractivity contribution in [1.29, 1.82) is 0 Å². The number of nitrogens with one attached hydrogen (secondary N) is 2. The quantitative estimate of drug-likeness (QED) is 0.608. The lowest BCUT2D eigenvalue weighted by molar-refractivity contribution is 0.175. The normalized spacial score (nSPS) is 12.6. The number of aromatic amines is 1. The zero-order valence-corrected chi connectivity index (χ0v) is 13.0. The van der Waals surface area contributed by atoms with Crippen molar-refractivity contribution >= 4 is 22.5 Å². The fourth-order valence-electron chi connectivity index (χ4n) is 2.63. The zero-order valence-electron chi connectivity index (χ0n) is 12.2. The Kier molecular flexibility index (Phi) is 4.78. The molecule has 3 N–H and O–H groups in total. The Morgan fingerprint density at radius 2 is 2.00 bits per heavy atom. The molecular formula is C18H19ClN2O. The Bertz CT molecular complexity index is 753. The highest BCUT2D eigenvalue weighted by Gasteiger charge is 2.08. The predicted molar refractivity (Wildman–Crippen MR) is 91.3 cm³/mol. The van der Waals surface area contributed by atoms with E-state index in [1.165, 1.54) is 10.9 Å². The summed E-state index contributed by atoms with van der Waals surface area (Å²) in [6.45, 7) is 1.34. The van der Waals surface area contributed by atoms with Gasteiger partial charge < -0.3 is 15.4 Å². The molecule has 1 unspecified atom stereocenters. The molecule has 1 aromatic heterocycles. The summed E-state index contributed by atoms with van der Waals surface area (Å²) in [4.78, 5) is 3.28. The first-order chi connectivity index (χ1) is 10.7. The first-order valence-electron chi connectivity index (χ1n) is 7.43. The molecule has 3 rings (SSSR count). The second-order valence-corrected chi connectivity index (χ2v) is 5.82. The van der Waals surface area contributed by atoms with Crippen LogP contribution >= 0.6 is 11.6 Å². The second-order valence-electron chi connectivity index (χ2n) is 5.38. The van der Waals surface area contributed by atoms with Crippen LogP contribution in [0.1, 0.15) is 17.2 Å². The Balaban J connectivity index is 1.51. The lowest BCUT2D eigenvalue weighted by atomic mass is 10.1. The minimum atomic E-state index is -0.540. The molecule has 1 atom stereocenters. The number of benzene rings is 2. The van der Waals surface area contributed by atoms with Crippen LogP contribution in [0.2, 0.25) is 5.02 Å². The van der Waals surface area contributed by atoms with Crippen molar-refractivity contribution in [3.63, 3.8) is 0 Å². The van der Waals surface area contributed by atoms with E-state index in [0.29, 0.717) is 11.6 Å². The molecule has 0 saturated carbocycles. The molecule has 3 nitrogen and oxygen atoms in total. The minimum absolute atomic E-state index is 0.517. The van der Waals surface area contributed by atoms with Crippen molar-refractivity contribution in [2.45, 2.75) is 12.5 Å². The molecule has 0 radical (unpaired) electrons. The van der Waals surface area contributed by atoms with Gasteiger partial charge in [0.2, 0.25) is 0 Å². The maximum absolute atomic E-state index is 10.1. The Hall–Kier alpha value is -1.81. The van der Waals surface area contributed by atoms with E-state index in [1.54, 1.807) is 6.07 Å². The highest BCUT2D eigenvalue weighted by atomic mass is 35.5. The molecule has 0 spiro atoms. The molecule has 2 aromatic carbocycles. The molecule has 114 valence electrons. The molecule has 0 aliphatic rings. The summed E-state index contributed by atoms with van der Waals surface area (Å²) in [5.74, 6) is 0. The highest BCUT2D eigenvalue weighted by molar-refractivity contribution is 6.30. The topological polar surface area (TPSA) is 48.0 Å². The largest absolute Gasteiger partial charge is 0.387 e. The monoisotopic (exact) mass is 314 g/mol. The molecule has 0 saturated heterocycles. The Morgan fingerprint density at radius 1 is 1.14 bits per heavy atom. The van der Waals surface area contributed by atoms with E-state index in [0.717, 1.165) is 24.0 Å². The maximum atomic E-state index is 10.1. The summed E-state index contributed by atoms with van der Waals surface area (Å²) in [6, 6.07) is 15.6. The van der Waals surface area contributed by atoms with E-state index < -0.39 is 6.10 Å². The standard InChI is InChI=1S/C18H19ClN2O/c19-15-5-3-4-13(10-15)18(22)12-20-9-8-14-11-21-17-7-2-1-6-16(14)17/h1-7,10-11,18,20-22H,8-9,12H2. The van der Waals surface area contributed by atoms with Gasteiger partial charge in [0.05, 0.1) is 6.10 Å². The van der Waals surface area contributed by atoms with Crippen LogP contribution in [-0.4, -0.2) is 23.2 Å². The average molecular weight is 315 g/mol. The third kappa shape index (κ3) is 3.50. The van der Waals surface area contributed by atoms with Crippen LogP contribution in [0.25, 0.3) is 10.9 Å². The van der Waals surface area contributed by atoms with Gasteiger partial charge in [-0.1, -0.05) is 41.9 Å². The SMILES string of the molecule is OC(CNCCc1c[nH]c2ccccc12)c1cccc(Cl)c1. The molecule has 0 amide bonds. The van der Waals surface area contributed by atoms with Crippen molar-refractivity contribution in [2.75, 3.05) is 13.1 Å². The van der Waals surface area contributed by atoms with Gasteiger partial charge in [0.1, 0.15) is 0 Å². The summed E-state index contributed by atoms with van der Waals surface area (Å²) < 4.78 is 0. The van der Waals surface area contributed by atoms with Gasteiger partial charge in [0.25, 0.3) is 0 Å². The third-order valence-electron chi connectivity index (χ3n) is 3.82. The van der Waals surface area contributed by atoms with E-state index >= 15 is 0 Å². The smallest absolute Gasteiger partial charge is 0.0914 e. The number of hydrogen-bond donors (Lipinski definition) is 3. The summed E-state index contributed by atoms with van der Waals surface area (Å²) in [6.07, 6.45) is 2.44. The Morgan fingerprint density at radius 3 is 2.86 bits per heavy atom. The fourth-order valence-corrected chi connectivity index (χ4v) is 2.83.